The Labute approximate surface area is 112 Å². The van der Waals surface area contributed by atoms with E-state index < -0.39 is 5.97 Å². The Hall–Kier alpha value is -1.32. The van der Waals surface area contributed by atoms with Crippen LogP contribution in [-0.2, 0) is 14.3 Å². The second-order valence-electron chi connectivity index (χ2n) is 5.93. The fourth-order valence-corrected chi connectivity index (χ4v) is 3.91. The molecule has 104 valence electrons. The molecule has 3 rings (SSSR count). The predicted octanol–water partition coefficient (Wildman–Crippen LogP) is 2.67. The number of hydrogen-bond acceptors (Lipinski definition) is 3. The van der Waals surface area contributed by atoms with Crippen LogP contribution in [0.4, 0.5) is 0 Å². The second kappa shape index (κ2) is 4.99. The van der Waals surface area contributed by atoms with E-state index in [1.54, 1.807) is 0 Å². The SMILES string of the molecule is O=C1O[C@H]([C@@H]2CCCC[C@@H]2C(=O)O)C2=C1CCCC2. The van der Waals surface area contributed by atoms with Gasteiger partial charge in [-0.15, -0.1) is 0 Å². The van der Waals surface area contributed by atoms with Crippen molar-refractivity contribution < 1.29 is 19.4 Å². The number of carbonyl (C=O) groups is 2. The summed E-state index contributed by atoms with van der Waals surface area (Å²) in [7, 11) is 0. The molecular weight excluding hydrogens is 244 g/mol. The molecule has 3 aliphatic rings. The standard InChI is InChI=1S/C15H20O4/c16-14(17)11-7-3-1-5-9(11)13-10-6-2-4-8-12(10)15(18)19-13/h9,11,13H,1-8H2,(H,16,17)/t9-,11+,13-/m1/s1. The molecule has 1 saturated carbocycles. The summed E-state index contributed by atoms with van der Waals surface area (Å²) in [4.78, 5) is 23.3. The van der Waals surface area contributed by atoms with Gasteiger partial charge in [0.25, 0.3) is 0 Å². The number of aliphatic carboxylic acids is 1. The average molecular weight is 264 g/mol. The molecule has 0 amide bonds. The zero-order valence-corrected chi connectivity index (χ0v) is 11.1. The number of hydrogen-bond donors (Lipinski definition) is 1. The number of esters is 1. The Balaban J connectivity index is 1.86. The van der Waals surface area contributed by atoms with E-state index in [0.717, 1.165) is 62.5 Å². The summed E-state index contributed by atoms with van der Waals surface area (Å²) in [5.74, 6) is -1.28. The van der Waals surface area contributed by atoms with Crippen LogP contribution in [0.2, 0.25) is 0 Å². The molecule has 0 radical (unpaired) electrons. The molecule has 0 bridgehead atoms. The van der Waals surface area contributed by atoms with Crippen molar-refractivity contribution in [1.29, 1.82) is 0 Å². The van der Waals surface area contributed by atoms with Gasteiger partial charge in [-0.3, -0.25) is 4.79 Å². The van der Waals surface area contributed by atoms with Crippen LogP contribution >= 0.6 is 0 Å². The smallest absolute Gasteiger partial charge is 0.334 e. The molecule has 4 nitrogen and oxygen atoms in total. The zero-order chi connectivity index (χ0) is 13.4. The summed E-state index contributed by atoms with van der Waals surface area (Å²) in [6, 6.07) is 0. The van der Waals surface area contributed by atoms with E-state index in [4.69, 9.17) is 4.74 Å². The van der Waals surface area contributed by atoms with Gasteiger partial charge in [-0.1, -0.05) is 12.8 Å². The molecule has 0 unspecified atom stereocenters. The van der Waals surface area contributed by atoms with Gasteiger partial charge in [0.2, 0.25) is 0 Å². The third kappa shape index (κ3) is 2.17. The Morgan fingerprint density at radius 3 is 2.63 bits per heavy atom. The largest absolute Gasteiger partial charge is 0.481 e. The normalized spacial score (nSPS) is 34.9. The van der Waals surface area contributed by atoms with Gasteiger partial charge in [-0.05, 0) is 44.1 Å². The van der Waals surface area contributed by atoms with Gasteiger partial charge in [-0.2, -0.15) is 0 Å². The molecule has 3 atom stereocenters. The highest BCUT2D eigenvalue weighted by Gasteiger charge is 2.44. The van der Waals surface area contributed by atoms with Crippen LogP contribution in [-0.4, -0.2) is 23.1 Å². The minimum atomic E-state index is -0.731. The van der Waals surface area contributed by atoms with Crippen LogP contribution in [0.1, 0.15) is 51.4 Å². The zero-order valence-electron chi connectivity index (χ0n) is 11.1. The highest BCUT2D eigenvalue weighted by Crippen LogP contribution is 2.43. The summed E-state index contributed by atoms with van der Waals surface area (Å²) in [6.07, 6.45) is 7.23. The summed E-state index contributed by atoms with van der Waals surface area (Å²) in [6.45, 7) is 0. The molecule has 19 heavy (non-hydrogen) atoms. The van der Waals surface area contributed by atoms with E-state index in [1.807, 2.05) is 0 Å². The van der Waals surface area contributed by atoms with Gasteiger partial charge < -0.3 is 9.84 Å². The first-order valence-electron chi connectivity index (χ1n) is 7.34. The van der Waals surface area contributed by atoms with Crippen LogP contribution in [0.25, 0.3) is 0 Å². The Morgan fingerprint density at radius 2 is 1.84 bits per heavy atom. The topological polar surface area (TPSA) is 63.6 Å². The first-order chi connectivity index (χ1) is 9.18. The van der Waals surface area contributed by atoms with Crippen LogP contribution in [0.15, 0.2) is 11.1 Å². The summed E-state index contributed by atoms with van der Waals surface area (Å²) in [5, 5.41) is 9.37. The summed E-state index contributed by atoms with van der Waals surface area (Å²) < 4.78 is 5.55. The van der Waals surface area contributed by atoms with Crippen molar-refractivity contribution in [2.75, 3.05) is 0 Å². The molecule has 0 aromatic heterocycles. The molecule has 1 N–H and O–H groups in total. The van der Waals surface area contributed by atoms with Gasteiger partial charge in [0.05, 0.1) is 5.92 Å². The lowest BCUT2D eigenvalue weighted by molar-refractivity contribution is -0.152. The Morgan fingerprint density at radius 1 is 1.11 bits per heavy atom. The van der Waals surface area contributed by atoms with E-state index in [-0.39, 0.29) is 23.9 Å². The fraction of sp³-hybridized carbons (Fsp3) is 0.733. The van der Waals surface area contributed by atoms with Crippen molar-refractivity contribution in [3.05, 3.63) is 11.1 Å². The first-order valence-corrected chi connectivity index (χ1v) is 7.34. The Kier molecular flexibility index (Phi) is 3.33. The lowest BCUT2D eigenvalue weighted by Gasteiger charge is -2.33. The van der Waals surface area contributed by atoms with Crippen LogP contribution in [0.3, 0.4) is 0 Å². The van der Waals surface area contributed by atoms with Crippen molar-refractivity contribution in [2.24, 2.45) is 11.8 Å². The van der Waals surface area contributed by atoms with E-state index in [9.17, 15) is 14.7 Å². The van der Waals surface area contributed by atoms with Gasteiger partial charge in [0, 0.05) is 11.5 Å². The molecule has 2 aliphatic carbocycles. The van der Waals surface area contributed by atoms with Gasteiger partial charge in [-0.25, -0.2) is 4.79 Å². The highest BCUT2D eigenvalue weighted by atomic mass is 16.5. The number of carboxylic acids is 1. The molecule has 0 spiro atoms. The first kappa shape index (κ1) is 12.7. The average Bonchev–Trinajstić information content (AvgIpc) is 2.77. The van der Waals surface area contributed by atoms with Gasteiger partial charge in [0.15, 0.2) is 0 Å². The molecule has 1 fully saturated rings. The molecule has 0 aromatic carbocycles. The minimum Gasteiger partial charge on any atom is -0.481 e. The fourth-order valence-electron chi connectivity index (χ4n) is 3.91. The number of carbonyl (C=O) groups excluding carboxylic acids is 1. The summed E-state index contributed by atoms with van der Waals surface area (Å²) in [5.41, 5.74) is 1.97. The predicted molar refractivity (Wildman–Crippen MR) is 68.5 cm³/mol. The molecular formula is C15H20O4. The maximum absolute atomic E-state index is 11.9. The number of rotatable bonds is 2. The van der Waals surface area contributed by atoms with Crippen molar-refractivity contribution in [1.82, 2.24) is 0 Å². The molecule has 1 aliphatic heterocycles. The van der Waals surface area contributed by atoms with Gasteiger partial charge >= 0.3 is 11.9 Å². The highest BCUT2D eigenvalue weighted by molar-refractivity contribution is 5.92. The quantitative estimate of drug-likeness (QED) is 0.779. The number of ether oxygens (including phenoxy) is 1. The lowest BCUT2D eigenvalue weighted by Crippen LogP contribution is -2.36. The molecule has 0 saturated heterocycles. The van der Waals surface area contributed by atoms with Gasteiger partial charge in [0.1, 0.15) is 6.10 Å². The third-order valence-electron chi connectivity index (χ3n) is 4.86. The molecule has 0 aromatic rings. The van der Waals surface area contributed by atoms with Crippen molar-refractivity contribution >= 4 is 11.9 Å². The molecule has 4 heteroatoms. The number of carboxylic acid groups (broad SMARTS) is 1. The summed E-state index contributed by atoms with van der Waals surface area (Å²) >= 11 is 0. The second-order valence-corrected chi connectivity index (χ2v) is 5.93. The maximum atomic E-state index is 11.9. The van der Waals surface area contributed by atoms with E-state index >= 15 is 0 Å². The van der Waals surface area contributed by atoms with E-state index in [0.29, 0.717) is 0 Å². The van der Waals surface area contributed by atoms with Crippen molar-refractivity contribution in [3.8, 4) is 0 Å². The van der Waals surface area contributed by atoms with Crippen molar-refractivity contribution in [2.45, 2.75) is 57.5 Å². The van der Waals surface area contributed by atoms with E-state index in [1.165, 1.54) is 0 Å². The minimum absolute atomic E-state index is 0.0131. The maximum Gasteiger partial charge on any atom is 0.334 e. The van der Waals surface area contributed by atoms with Crippen molar-refractivity contribution in [3.63, 3.8) is 0 Å². The molecule has 1 heterocycles. The monoisotopic (exact) mass is 264 g/mol. The van der Waals surface area contributed by atoms with Crippen LogP contribution in [0, 0.1) is 11.8 Å². The Bertz CT molecular complexity index is 437. The third-order valence-corrected chi connectivity index (χ3v) is 4.86. The lowest BCUT2D eigenvalue weighted by atomic mass is 9.73. The van der Waals surface area contributed by atoms with Crippen LogP contribution < -0.4 is 0 Å². The van der Waals surface area contributed by atoms with E-state index in [2.05, 4.69) is 0 Å². The van der Waals surface area contributed by atoms with Crippen LogP contribution in [0.5, 0.6) is 0 Å². The number of cyclic esters (lactones) is 1.